The molecule has 0 aliphatic carbocycles. The highest BCUT2D eigenvalue weighted by Crippen LogP contribution is 2.21. The molecule has 0 saturated carbocycles. The molecule has 1 saturated heterocycles. The molecule has 2 aromatic carbocycles. The van der Waals surface area contributed by atoms with Crippen molar-refractivity contribution in [3.05, 3.63) is 64.6 Å². The van der Waals surface area contributed by atoms with Gasteiger partial charge in [0.2, 0.25) is 5.91 Å². The number of nitrogens with one attached hydrogen (secondary N) is 1. The van der Waals surface area contributed by atoms with Gasteiger partial charge in [-0.1, -0.05) is 46.3 Å². The standard InChI is InChI=1S/C19H21BrN2O/c20-17-10-8-15(9-11-17)13-22-12-4-5-16(14-22)19(23)21-18-6-2-1-3-7-18/h1-3,6-11,16H,4-5,12-14H2,(H,21,23)/t16-/m0/s1. The predicted molar refractivity (Wildman–Crippen MR) is 97.2 cm³/mol. The van der Waals surface area contributed by atoms with Gasteiger partial charge in [0.1, 0.15) is 0 Å². The van der Waals surface area contributed by atoms with E-state index in [9.17, 15) is 4.79 Å². The second-order valence-corrected chi connectivity index (χ2v) is 6.97. The monoisotopic (exact) mass is 372 g/mol. The fourth-order valence-electron chi connectivity index (χ4n) is 3.03. The molecule has 120 valence electrons. The van der Waals surface area contributed by atoms with E-state index in [2.05, 4.69) is 50.4 Å². The van der Waals surface area contributed by atoms with Gasteiger partial charge in [0.25, 0.3) is 0 Å². The van der Waals surface area contributed by atoms with E-state index in [0.29, 0.717) is 0 Å². The molecule has 0 unspecified atom stereocenters. The Kier molecular flexibility index (Phi) is 5.47. The van der Waals surface area contributed by atoms with Crippen molar-refractivity contribution in [3.8, 4) is 0 Å². The van der Waals surface area contributed by atoms with Gasteiger partial charge >= 0.3 is 0 Å². The number of anilines is 1. The van der Waals surface area contributed by atoms with E-state index < -0.39 is 0 Å². The Balaban J connectivity index is 1.57. The third-order valence-corrected chi connectivity index (χ3v) is 4.77. The molecule has 1 atom stereocenters. The zero-order valence-electron chi connectivity index (χ0n) is 13.0. The summed E-state index contributed by atoms with van der Waals surface area (Å²) in [5, 5.41) is 3.03. The Labute approximate surface area is 145 Å². The lowest BCUT2D eigenvalue weighted by atomic mass is 9.96. The number of amides is 1. The molecule has 0 aromatic heterocycles. The number of rotatable bonds is 4. The first kappa shape index (κ1) is 16.2. The van der Waals surface area contributed by atoms with Crippen LogP contribution in [0.4, 0.5) is 5.69 Å². The maximum atomic E-state index is 12.5. The minimum absolute atomic E-state index is 0.0689. The zero-order valence-corrected chi connectivity index (χ0v) is 14.6. The largest absolute Gasteiger partial charge is 0.326 e. The number of hydrogen-bond acceptors (Lipinski definition) is 2. The van der Waals surface area contributed by atoms with Crippen LogP contribution >= 0.6 is 15.9 Å². The number of halogens is 1. The molecule has 0 spiro atoms. The summed E-state index contributed by atoms with van der Waals surface area (Å²) < 4.78 is 1.10. The Morgan fingerprint density at radius 1 is 1.13 bits per heavy atom. The van der Waals surface area contributed by atoms with Gasteiger partial charge in [-0.3, -0.25) is 9.69 Å². The van der Waals surface area contributed by atoms with Crippen LogP contribution in [-0.4, -0.2) is 23.9 Å². The van der Waals surface area contributed by atoms with Crippen molar-refractivity contribution in [2.24, 2.45) is 5.92 Å². The second-order valence-electron chi connectivity index (χ2n) is 6.06. The Morgan fingerprint density at radius 2 is 1.87 bits per heavy atom. The van der Waals surface area contributed by atoms with E-state index >= 15 is 0 Å². The fraction of sp³-hybridized carbons (Fsp3) is 0.316. The van der Waals surface area contributed by atoms with Gasteiger partial charge in [0.05, 0.1) is 5.92 Å². The van der Waals surface area contributed by atoms with Crippen LogP contribution in [0, 0.1) is 5.92 Å². The van der Waals surface area contributed by atoms with Crippen molar-refractivity contribution >= 4 is 27.5 Å². The molecule has 4 heteroatoms. The van der Waals surface area contributed by atoms with Crippen LogP contribution in [0.15, 0.2) is 59.1 Å². The molecule has 2 aromatic rings. The molecule has 23 heavy (non-hydrogen) atoms. The minimum atomic E-state index is 0.0689. The van der Waals surface area contributed by atoms with Crippen LogP contribution in [-0.2, 0) is 11.3 Å². The highest BCUT2D eigenvalue weighted by atomic mass is 79.9. The highest BCUT2D eigenvalue weighted by Gasteiger charge is 2.25. The topological polar surface area (TPSA) is 32.3 Å². The first-order valence-electron chi connectivity index (χ1n) is 8.03. The second kappa shape index (κ2) is 7.75. The number of para-hydroxylation sites is 1. The highest BCUT2D eigenvalue weighted by molar-refractivity contribution is 9.10. The Bertz CT molecular complexity index is 642. The molecule has 1 fully saturated rings. The third-order valence-electron chi connectivity index (χ3n) is 4.24. The molecular formula is C19H21BrN2O. The van der Waals surface area contributed by atoms with Crippen LogP contribution in [0.2, 0.25) is 0 Å². The van der Waals surface area contributed by atoms with Crippen molar-refractivity contribution < 1.29 is 4.79 Å². The molecular weight excluding hydrogens is 352 g/mol. The number of nitrogens with zero attached hydrogens (tertiary/aromatic N) is 1. The molecule has 3 nitrogen and oxygen atoms in total. The van der Waals surface area contributed by atoms with Crippen molar-refractivity contribution in [1.29, 1.82) is 0 Å². The van der Waals surface area contributed by atoms with Gasteiger partial charge in [-0.15, -0.1) is 0 Å². The van der Waals surface area contributed by atoms with Crippen molar-refractivity contribution in [1.82, 2.24) is 4.90 Å². The van der Waals surface area contributed by atoms with Crippen molar-refractivity contribution in [2.45, 2.75) is 19.4 Å². The lowest BCUT2D eigenvalue weighted by molar-refractivity contribution is -0.121. The normalized spacial score (nSPS) is 18.6. The van der Waals surface area contributed by atoms with Crippen LogP contribution < -0.4 is 5.32 Å². The van der Waals surface area contributed by atoms with E-state index in [4.69, 9.17) is 0 Å². The number of carbonyl (C=O) groups excluding carboxylic acids is 1. The molecule has 1 aliphatic rings. The maximum Gasteiger partial charge on any atom is 0.228 e. The van der Waals surface area contributed by atoms with Gasteiger partial charge in [0.15, 0.2) is 0 Å². The average Bonchev–Trinajstić information content (AvgIpc) is 2.58. The number of carbonyl (C=O) groups is 1. The molecule has 1 aliphatic heterocycles. The predicted octanol–water partition coefficient (Wildman–Crippen LogP) is 4.30. The molecule has 0 bridgehead atoms. The SMILES string of the molecule is O=C(Nc1ccccc1)[C@H]1CCCN(Cc2ccc(Br)cc2)C1. The zero-order chi connectivity index (χ0) is 16.1. The summed E-state index contributed by atoms with van der Waals surface area (Å²) in [6.45, 7) is 2.79. The number of benzene rings is 2. The quantitative estimate of drug-likeness (QED) is 0.867. The van der Waals surface area contributed by atoms with Gasteiger partial charge < -0.3 is 5.32 Å². The number of hydrogen-bond donors (Lipinski definition) is 1. The van der Waals surface area contributed by atoms with E-state index in [1.807, 2.05) is 30.3 Å². The molecule has 1 amide bonds. The summed E-state index contributed by atoms with van der Waals surface area (Å²) in [6, 6.07) is 18.1. The van der Waals surface area contributed by atoms with Crippen LogP contribution in [0.5, 0.6) is 0 Å². The van der Waals surface area contributed by atoms with Crippen molar-refractivity contribution in [3.63, 3.8) is 0 Å². The van der Waals surface area contributed by atoms with Crippen LogP contribution in [0.3, 0.4) is 0 Å². The summed E-state index contributed by atoms with van der Waals surface area (Å²) in [7, 11) is 0. The fourth-order valence-corrected chi connectivity index (χ4v) is 3.29. The third kappa shape index (κ3) is 4.66. The summed E-state index contributed by atoms with van der Waals surface area (Å²) in [6.07, 6.45) is 2.04. The molecule has 0 radical (unpaired) electrons. The summed E-state index contributed by atoms with van der Waals surface area (Å²) in [5.74, 6) is 0.205. The number of likely N-dealkylation sites (tertiary alicyclic amines) is 1. The van der Waals surface area contributed by atoms with Gasteiger partial charge in [-0.05, 0) is 49.2 Å². The maximum absolute atomic E-state index is 12.5. The van der Waals surface area contributed by atoms with Crippen LogP contribution in [0.25, 0.3) is 0 Å². The van der Waals surface area contributed by atoms with Gasteiger partial charge in [0, 0.05) is 23.2 Å². The molecule has 1 N–H and O–H groups in total. The Hall–Kier alpha value is -1.65. The molecule has 3 rings (SSSR count). The minimum Gasteiger partial charge on any atom is -0.326 e. The van der Waals surface area contributed by atoms with Gasteiger partial charge in [-0.2, -0.15) is 0 Å². The smallest absolute Gasteiger partial charge is 0.228 e. The van der Waals surface area contributed by atoms with Crippen LogP contribution in [0.1, 0.15) is 18.4 Å². The van der Waals surface area contributed by atoms with Crippen molar-refractivity contribution in [2.75, 3.05) is 18.4 Å². The lowest BCUT2D eigenvalue weighted by Gasteiger charge is -2.32. The first-order valence-corrected chi connectivity index (χ1v) is 8.83. The van der Waals surface area contributed by atoms with E-state index in [1.54, 1.807) is 0 Å². The average molecular weight is 373 g/mol. The lowest BCUT2D eigenvalue weighted by Crippen LogP contribution is -2.40. The summed E-state index contributed by atoms with van der Waals surface area (Å²) in [5.41, 5.74) is 2.17. The first-order chi connectivity index (χ1) is 11.2. The Morgan fingerprint density at radius 3 is 2.61 bits per heavy atom. The number of piperidine rings is 1. The summed E-state index contributed by atoms with van der Waals surface area (Å²) in [4.78, 5) is 14.8. The van der Waals surface area contributed by atoms with E-state index in [0.717, 1.165) is 42.6 Å². The van der Waals surface area contributed by atoms with E-state index in [-0.39, 0.29) is 11.8 Å². The van der Waals surface area contributed by atoms with Gasteiger partial charge in [-0.25, -0.2) is 0 Å². The van der Waals surface area contributed by atoms with E-state index in [1.165, 1.54) is 5.56 Å². The summed E-state index contributed by atoms with van der Waals surface area (Å²) >= 11 is 3.46. The molecule has 1 heterocycles.